The minimum absolute atomic E-state index is 0.00420. The molecule has 0 aliphatic carbocycles. The summed E-state index contributed by atoms with van der Waals surface area (Å²) < 4.78 is 33.2. The van der Waals surface area contributed by atoms with E-state index in [1.165, 1.54) is 25.3 Å². The number of amides is 1. The van der Waals surface area contributed by atoms with Crippen LogP contribution in [0.5, 0.6) is 5.75 Å². The highest BCUT2D eigenvalue weighted by Gasteiger charge is 2.20. The van der Waals surface area contributed by atoms with Crippen LogP contribution in [0.15, 0.2) is 41.3 Å². The molecule has 0 heterocycles. The lowest BCUT2D eigenvalue weighted by Gasteiger charge is -2.14. The van der Waals surface area contributed by atoms with Crippen molar-refractivity contribution in [3.05, 3.63) is 53.1 Å². The smallest absolute Gasteiger partial charge is 0.261 e. The highest BCUT2D eigenvalue weighted by molar-refractivity contribution is 7.92. The lowest BCUT2D eigenvalue weighted by molar-refractivity contribution is 0.0952. The first kappa shape index (κ1) is 18.8. The van der Waals surface area contributed by atoms with Crippen molar-refractivity contribution in [2.45, 2.75) is 25.7 Å². The lowest BCUT2D eigenvalue weighted by atomic mass is 10.1. The number of hydrogen-bond acceptors (Lipinski definition) is 4. The van der Waals surface area contributed by atoms with E-state index in [1.807, 2.05) is 19.9 Å². The monoisotopic (exact) mass is 362 g/mol. The summed E-state index contributed by atoms with van der Waals surface area (Å²) in [5.74, 6) is -0.0697. The number of rotatable bonds is 6. The fourth-order valence-corrected chi connectivity index (χ4v) is 3.50. The zero-order chi connectivity index (χ0) is 18.6. The van der Waals surface area contributed by atoms with Gasteiger partial charge in [0.25, 0.3) is 15.9 Å². The maximum atomic E-state index is 12.7. The van der Waals surface area contributed by atoms with Crippen LogP contribution < -0.4 is 14.8 Å². The van der Waals surface area contributed by atoms with E-state index in [0.717, 1.165) is 11.1 Å². The molecule has 1 amide bonds. The summed E-state index contributed by atoms with van der Waals surface area (Å²) in [7, 11) is -2.40. The summed E-state index contributed by atoms with van der Waals surface area (Å²) in [4.78, 5) is 12.2. The van der Waals surface area contributed by atoms with Crippen LogP contribution in [-0.2, 0) is 10.0 Å². The van der Waals surface area contributed by atoms with Crippen molar-refractivity contribution in [3.8, 4) is 5.75 Å². The molecule has 0 unspecified atom stereocenters. The van der Waals surface area contributed by atoms with Gasteiger partial charge in [-0.15, -0.1) is 0 Å². The van der Waals surface area contributed by atoms with Crippen LogP contribution in [0.1, 0.15) is 28.4 Å². The molecule has 0 aromatic heterocycles. The summed E-state index contributed by atoms with van der Waals surface area (Å²) in [6, 6.07) is 9.60. The first-order valence-corrected chi connectivity index (χ1v) is 9.33. The Morgan fingerprint density at radius 1 is 1.16 bits per heavy atom. The molecule has 0 fully saturated rings. The molecule has 2 aromatic rings. The second-order valence-electron chi connectivity index (χ2n) is 5.57. The average Bonchev–Trinajstić information content (AvgIpc) is 2.58. The van der Waals surface area contributed by atoms with Crippen LogP contribution in [0.25, 0.3) is 0 Å². The quantitative estimate of drug-likeness (QED) is 0.827. The molecule has 7 heteroatoms. The highest BCUT2D eigenvalue weighted by Crippen LogP contribution is 2.26. The third-order valence-corrected chi connectivity index (χ3v) is 5.28. The van der Waals surface area contributed by atoms with Crippen molar-refractivity contribution in [3.63, 3.8) is 0 Å². The van der Waals surface area contributed by atoms with Crippen molar-refractivity contribution in [1.29, 1.82) is 0 Å². The molecule has 0 aliphatic rings. The topological polar surface area (TPSA) is 84.5 Å². The van der Waals surface area contributed by atoms with Crippen LogP contribution >= 0.6 is 0 Å². The number of sulfonamides is 1. The fraction of sp³-hybridized carbons (Fsp3) is 0.278. The van der Waals surface area contributed by atoms with E-state index >= 15 is 0 Å². The predicted octanol–water partition coefficient (Wildman–Crippen LogP) is 2.86. The van der Waals surface area contributed by atoms with Gasteiger partial charge in [0.2, 0.25) is 0 Å². The third kappa shape index (κ3) is 4.11. The number of aryl methyl sites for hydroxylation is 1. The van der Waals surface area contributed by atoms with Gasteiger partial charge in [-0.05, 0) is 56.2 Å². The van der Waals surface area contributed by atoms with E-state index in [9.17, 15) is 13.2 Å². The predicted molar refractivity (Wildman–Crippen MR) is 97.7 cm³/mol. The number of anilines is 1. The van der Waals surface area contributed by atoms with E-state index in [2.05, 4.69) is 10.0 Å². The number of nitrogens with one attached hydrogen (secondary N) is 2. The van der Waals surface area contributed by atoms with Crippen molar-refractivity contribution in [2.24, 2.45) is 0 Å². The summed E-state index contributed by atoms with van der Waals surface area (Å²) in [5, 5.41) is 2.65. The first-order valence-electron chi connectivity index (χ1n) is 7.85. The van der Waals surface area contributed by atoms with E-state index < -0.39 is 10.0 Å². The molecule has 0 aliphatic heterocycles. The molecule has 0 saturated carbocycles. The molecule has 0 spiro atoms. The van der Waals surface area contributed by atoms with E-state index in [4.69, 9.17) is 4.74 Å². The van der Waals surface area contributed by atoms with E-state index in [1.54, 1.807) is 19.1 Å². The van der Waals surface area contributed by atoms with Crippen LogP contribution in [0, 0.1) is 13.8 Å². The lowest BCUT2D eigenvalue weighted by Crippen LogP contribution is -2.24. The third-order valence-electron chi connectivity index (χ3n) is 3.91. The zero-order valence-corrected chi connectivity index (χ0v) is 15.5. The van der Waals surface area contributed by atoms with Gasteiger partial charge in [0, 0.05) is 6.54 Å². The van der Waals surface area contributed by atoms with Gasteiger partial charge < -0.3 is 10.1 Å². The SMILES string of the molecule is CCNC(=O)c1cc(S(=O)(=O)Nc2cccc(C)c2C)ccc1OC. The average molecular weight is 362 g/mol. The van der Waals surface area contributed by atoms with Crippen molar-refractivity contribution < 1.29 is 17.9 Å². The van der Waals surface area contributed by atoms with Gasteiger partial charge in [-0.3, -0.25) is 9.52 Å². The Morgan fingerprint density at radius 2 is 1.88 bits per heavy atom. The highest BCUT2D eigenvalue weighted by atomic mass is 32.2. The van der Waals surface area contributed by atoms with Crippen LogP contribution in [-0.4, -0.2) is 28.0 Å². The normalized spacial score (nSPS) is 11.0. The van der Waals surface area contributed by atoms with Gasteiger partial charge >= 0.3 is 0 Å². The van der Waals surface area contributed by atoms with Gasteiger partial charge in [-0.25, -0.2) is 8.42 Å². The molecule has 0 bridgehead atoms. The molecule has 0 radical (unpaired) electrons. The second-order valence-corrected chi connectivity index (χ2v) is 7.26. The number of carbonyl (C=O) groups is 1. The van der Waals surface area contributed by atoms with E-state index in [-0.39, 0.29) is 16.4 Å². The largest absolute Gasteiger partial charge is 0.496 e. The Kier molecular flexibility index (Phi) is 5.69. The Hall–Kier alpha value is -2.54. The number of benzene rings is 2. The molecule has 134 valence electrons. The standard InChI is InChI=1S/C18H22N2O4S/c1-5-19-18(21)15-11-14(9-10-17(15)24-4)25(22,23)20-16-8-6-7-12(2)13(16)3/h6-11,20H,5H2,1-4H3,(H,19,21). The number of ether oxygens (including phenoxy) is 1. The van der Waals surface area contributed by atoms with Crippen LogP contribution in [0.2, 0.25) is 0 Å². The first-order chi connectivity index (χ1) is 11.8. The molecule has 2 aromatic carbocycles. The molecule has 2 rings (SSSR count). The van der Waals surface area contributed by atoms with Gasteiger partial charge in [0.15, 0.2) is 0 Å². The van der Waals surface area contributed by atoms with Crippen LogP contribution in [0.4, 0.5) is 5.69 Å². The van der Waals surface area contributed by atoms with Crippen molar-refractivity contribution >= 4 is 21.6 Å². The maximum absolute atomic E-state index is 12.7. The van der Waals surface area contributed by atoms with Crippen molar-refractivity contribution in [1.82, 2.24) is 5.32 Å². The zero-order valence-electron chi connectivity index (χ0n) is 14.7. The van der Waals surface area contributed by atoms with Gasteiger partial charge in [-0.1, -0.05) is 12.1 Å². The summed E-state index contributed by atoms with van der Waals surface area (Å²) >= 11 is 0. The molecular formula is C18H22N2O4S. The summed E-state index contributed by atoms with van der Waals surface area (Å²) in [5.41, 5.74) is 2.52. The second kappa shape index (κ2) is 7.57. The Balaban J connectivity index is 2.44. The molecule has 25 heavy (non-hydrogen) atoms. The van der Waals surface area contributed by atoms with E-state index in [0.29, 0.717) is 18.0 Å². The van der Waals surface area contributed by atoms with Gasteiger partial charge in [-0.2, -0.15) is 0 Å². The number of hydrogen-bond donors (Lipinski definition) is 2. The minimum atomic E-state index is -3.83. The summed E-state index contributed by atoms with van der Waals surface area (Å²) in [6.45, 7) is 5.97. The van der Waals surface area contributed by atoms with Crippen molar-refractivity contribution in [2.75, 3.05) is 18.4 Å². The van der Waals surface area contributed by atoms with Gasteiger partial charge in [0.1, 0.15) is 5.75 Å². The fourth-order valence-electron chi connectivity index (χ4n) is 2.35. The Morgan fingerprint density at radius 3 is 2.52 bits per heavy atom. The Labute approximate surface area is 148 Å². The molecule has 0 saturated heterocycles. The molecule has 0 atom stereocenters. The minimum Gasteiger partial charge on any atom is -0.496 e. The molecule has 6 nitrogen and oxygen atoms in total. The maximum Gasteiger partial charge on any atom is 0.261 e. The number of methoxy groups -OCH3 is 1. The molecular weight excluding hydrogens is 340 g/mol. The van der Waals surface area contributed by atoms with Crippen LogP contribution in [0.3, 0.4) is 0 Å². The Bertz CT molecular complexity index is 892. The molecule has 2 N–H and O–H groups in total. The van der Waals surface area contributed by atoms with Gasteiger partial charge in [0.05, 0.1) is 23.3 Å². The summed E-state index contributed by atoms with van der Waals surface area (Å²) in [6.07, 6.45) is 0. The number of carbonyl (C=O) groups excluding carboxylic acids is 1.